The molecule has 0 aliphatic carbocycles. The van der Waals surface area contributed by atoms with Gasteiger partial charge in [-0.25, -0.2) is 0 Å². The van der Waals surface area contributed by atoms with E-state index in [-0.39, 0.29) is 0 Å². The summed E-state index contributed by atoms with van der Waals surface area (Å²) in [6.07, 6.45) is 2.72. The first-order valence-corrected chi connectivity index (χ1v) is 5.58. The second kappa shape index (κ2) is 5.77. The van der Waals surface area contributed by atoms with Gasteiger partial charge in [0.25, 0.3) is 0 Å². The molecule has 0 aliphatic rings. The third kappa shape index (κ3) is 3.70. The number of benzene rings is 2. The molecule has 17 heavy (non-hydrogen) atoms. The van der Waals surface area contributed by atoms with Gasteiger partial charge >= 0.3 is 0 Å². The van der Waals surface area contributed by atoms with Crippen LogP contribution in [0, 0.1) is 19.0 Å². The molecular formula is C16H14O. The third-order valence-corrected chi connectivity index (χ3v) is 2.40. The minimum atomic E-state index is 0.527. The number of ether oxygens (including phenoxy) is 1. The van der Waals surface area contributed by atoms with E-state index in [0.29, 0.717) is 6.61 Å². The molecule has 1 heteroatoms. The number of hydrogen-bond acceptors (Lipinski definition) is 1. The van der Waals surface area contributed by atoms with Gasteiger partial charge in [0.2, 0.25) is 0 Å². The number of aryl methyl sites for hydroxylation is 1. The summed E-state index contributed by atoms with van der Waals surface area (Å²) in [6.45, 7) is 2.59. The summed E-state index contributed by atoms with van der Waals surface area (Å²) < 4.78 is 5.29. The van der Waals surface area contributed by atoms with Crippen molar-refractivity contribution in [3.63, 3.8) is 0 Å². The van der Waals surface area contributed by atoms with Crippen LogP contribution in [0.3, 0.4) is 0 Å². The molecular weight excluding hydrogens is 208 g/mol. The molecule has 0 amide bonds. The van der Waals surface area contributed by atoms with E-state index >= 15 is 0 Å². The zero-order valence-corrected chi connectivity index (χ0v) is 9.81. The minimum absolute atomic E-state index is 0.527. The summed E-state index contributed by atoms with van der Waals surface area (Å²) in [4.78, 5) is 0. The highest BCUT2D eigenvalue weighted by Gasteiger charge is 1.89. The molecule has 2 aromatic carbocycles. The number of hydrogen-bond donors (Lipinski definition) is 0. The van der Waals surface area contributed by atoms with Crippen molar-refractivity contribution in [1.82, 2.24) is 0 Å². The summed E-state index contributed by atoms with van der Waals surface area (Å²) in [6, 6.07) is 18.1. The van der Waals surface area contributed by atoms with E-state index in [1.807, 2.05) is 54.6 Å². The molecule has 0 saturated carbocycles. The lowest BCUT2D eigenvalue weighted by Crippen LogP contribution is -1.85. The fourth-order valence-corrected chi connectivity index (χ4v) is 1.43. The molecule has 0 fully saturated rings. The van der Waals surface area contributed by atoms with Crippen LogP contribution in [0.1, 0.15) is 16.7 Å². The Balaban J connectivity index is 1.89. The van der Waals surface area contributed by atoms with Crippen LogP contribution in [0.25, 0.3) is 0 Å². The Morgan fingerprint density at radius 2 is 1.65 bits per heavy atom. The van der Waals surface area contributed by atoms with E-state index in [0.717, 1.165) is 11.1 Å². The van der Waals surface area contributed by atoms with Crippen LogP contribution in [0.2, 0.25) is 0 Å². The lowest BCUT2D eigenvalue weighted by atomic mass is 10.2. The fourth-order valence-electron chi connectivity index (χ4n) is 1.43. The molecule has 84 valence electrons. The largest absolute Gasteiger partial charge is 0.441 e. The van der Waals surface area contributed by atoms with E-state index < -0.39 is 0 Å². The van der Waals surface area contributed by atoms with Crippen molar-refractivity contribution in [3.8, 4) is 12.0 Å². The van der Waals surface area contributed by atoms with Crippen LogP contribution < -0.4 is 0 Å². The molecule has 1 nitrogen and oxygen atoms in total. The van der Waals surface area contributed by atoms with Gasteiger partial charge in [0.1, 0.15) is 12.7 Å². The summed E-state index contributed by atoms with van der Waals surface area (Å²) in [5.41, 5.74) is 3.34. The summed E-state index contributed by atoms with van der Waals surface area (Å²) in [7, 11) is 0. The van der Waals surface area contributed by atoms with Crippen LogP contribution >= 0.6 is 0 Å². The van der Waals surface area contributed by atoms with Gasteiger partial charge < -0.3 is 4.74 Å². The predicted molar refractivity (Wildman–Crippen MR) is 69.3 cm³/mol. The van der Waals surface area contributed by atoms with Crippen molar-refractivity contribution in [3.05, 3.63) is 71.3 Å². The van der Waals surface area contributed by atoms with Crippen molar-refractivity contribution in [2.75, 3.05) is 0 Å². The fraction of sp³-hybridized carbons (Fsp3) is 0.125. The average molecular weight is 222 g/mol. The molecule has 0 aromatic heterocycles. The minimum Gasteiger partial charge on any atom is -0.441 e. The van der Waals surface area contributed by atoms with Crippen molar-refractivity contribution < 1.29 is 4.74 Å². The van der Waals surface area contributed by atoms with E-state index in [4.69, 9.17) is 4.74 Å². The topological polar surface area (TPSA) is 9.23 Å². The molecule has 0 saturated heterocycles. The van der Waals surface area contributed by atoms with Crippen LogP contribution in [0.5, 0.6) is 0 Å². The predicted octanol–water partition coefficient (Wildman–Crippen LogP) is 3.52. The molecule has 0 unspecified atom stereocenters. The van der Waals surface area contributed by atoms with Crippen molar-refractivity contribution in [1.29, 1.82) is 0 Å². The zero-order valence-electron chi connectivity index (χ0n) is 9.81. The van der Waals surface area contributed by atoms with Crippen LogP contribution in [0.4, 0.5) is 0 Å². The first-order valence-electron chi connectivity index (χ1n) is 5.58. The zero-order chi connectivity index (χ0) is 11.9. The summed E-state index contributed by atoms with van der Waals surface area (Å²) >= 11 is 0. The molecule has 0 bridgehead atoms. The van der Waals surface area contributed by atoms with Gasteiger partial charge in [-0.05, 0) is 30.5 Å². The van der Waals surface area contributed by atoms with Gasteiger partial charge in [-0.1, -0.05) is 48.0 Å². The Hall–Kier alpha value is -2.20. The van der Waals surface area contributed by atoms with Crippen LogP contribution in [-0.4, -0.2) is 0 Å². The Bertz CT molecular complexity index is 515. The standard InChI is InChI=1S/C16H14O/c1-14-7-9-15(10-8-14)11-12-17-13-16-5-3-2-4-6-16/h2-10H,13H2,1H3. The Kier molecular flexibility index (Phi) is 3.83. The first kappa shape index (κ1) is 11.3. The van der Waals surface area contributed by atoms with Gasteiger partial charge in [0, 0.05) is 5.56 Å². The van der Waals surface area contributed by atoms with Crippen molar-refractivity contribution in [2.45, 2.75) is 13.5 Å². The molecule has 0 spiro atoms. The smallest absolute Gasteiger partial charge is 0.125 e. The normalized spacial score (nSPS) is 9.24. The second-order valence-corrected chi connectivity index (χ2v) is 3.87. The maximum absolute atomic E-state index is 5.29. The van der Waals surface area contributed by atoms with Gasteiger partial charge in [-0.2, -0.15) is 0 Å². The quantitative estimate of drug-likeness (QED) is 0.706. The summed E-state index contributed by atoms with van der Waals surface area (Å²) in [5, 5.41) is 0. The van der Waals surface area contributed by atoms with Gasteiger partial charge in [-0.15, -0.1) is 0 Å². The Labute approximate surface area is 102 Å². The Morgan fingerprint density at radius 1 is 0.941 bits per heavy atom. The van der Waals surface area contributed by atoms with E-state index in [1.54, 1.807) is 0 Å². The Morgan fingerprint density at radius 3 is 2.35 bits per heavy atom. The van der Waals surface area contributed by atoms with E-state index in [1.165, 1.54) is 5.56 Å². The second-order valence-electron chi connectivity index (χ2n) is 3.87. The molecule has 0 atom stereocenters. The lowest BCUT2D eigenvalue weighted by molar-refractivity contribution is 0.265. The summed E-state index contributed by atoms with van der Waals surface area (Å²) in [5.74, 6) is 2.97. The molecule has 0 N–H and O–H groups in total. The van der Waals surface area contributed by atoms with E-state index in [9.17, 15) is 0 Å². The average Bonchev–Trinajstić information content (AvgIpc) is 2.38. The maximum Gasteiger partial charge on any atom is 0.125 e. The van der Waals surface area contributed by atoms with Gasteiger partial charge in [-0.3, -0.25) is 0 Å². The first-order chi connectivity index (χ1) is 8.34. The van der Waals surface area contributed by atoms with Gasteiger partial charge in [0.05, 0.1) is 0 Å². The van der Waals surface area contributed by atoms with Crippen molar-refractivity contribution in [2.24, 2.45) is 0 Å². The lowest BCUT2D eigenvalue weighted by Gasteiger charge is -1.97. The molecule has 0 radical (unpaired) electrons. The SMILES string of the molecule is Cc1ccc(C#COCc2ccccc2)cc1. The van der Waals surface area contributed by atoms with Crippen LogP contribution in [0.15, 0.2) is 54.6 Å². The highest BCUT2D eigenvalue weighted by Crippen LogP contribution is 2.02. The van der Waals surface area contributed by atoms with E-state index in [2.05, 4.69) is 19.0 Å². The molecule has 2 rings (SSSR count). The third-order valence-electron chi connectivity index (χ3n) is 2.40. The van der Waals surface area contributed by atoms with Gasteiger partial charge in [0.15, 0.2) is 0 Å². The highest BCUT2D eigenvalue weighted by atomic mass is 16.5. The molecule has 0 heterocycles. The molecule has 2 aromatic rings. The molecule has 0 aliphatic heterocycles. The van der Waals surface area contributed by atoms with Crippen molar-refractivity contribution >= 4 is 0 Å². The highest BCUT2D eigenvalue weighted by molar-refractivity contribution is 5.34. The monoisotopic (exact) mass is 222 g/mol. The number of rotatable bonds is 2. The maximum atomic E-state index is 5.29. The van der Waals surface area contributed by atoms with Crippen LogP contribution in [-0.2, 0) is 11.3 Å².